The van der Waals surface area contributed by atoms with E-state index in [0.717, 1.165) is 33.6 Å². The summed E-state index contributed by atoms with van der Waals surface area (Å²) in [6.45, 7) is 2.05. The van der Waals surface area contributed by atoms with Crippen molar-refractivity contribution in [2.75, 3.05) is 31.4 Å². The molecule has 1 N–H and O–H groups in total. The third-order valence-corrected chi connectivity index (χ3v) is 8.69. The van der Waals surface area contributed by atoms with Gasteiger partial charge in [0.25, 0.3) is 0 Å². The molecule has 44 heavy (non-hydrogen) atoms. The topological polar surface area (TPSA) is 98.8 Å². The first-order chi connectivity index (χ1) is 21.5. The zero-order valence-electron chi connectivity index (χ0n) is 24.7. The van der Waals surface area contributed by atoms with Gasteiger partial charge >= 0.3 is 0 Å². The molecular weight excluding hydrogens is 576 g/mol. The van der Waals surface area contributed by atoms with Crippen LogP contribution in [0.4, 0.5) is 5.82 Å². The summed E-state index contributed by atoms with van der Waals surface area (Å²) in [5.74, 6) is 2.03. The molecule has 0 aliphatic carbocycles. The third kappa shape index (κ3) is 5.80. The Kier molecular flexibility index (Phi) is 8.42. The Hall–Kier alpha value is -4.96. The molecule has 0 radical (unpaired) electrons. The number of amides is 2. The van der Waals surface area contributed by atoms with E-state index in [1.807, 2.05) is 79.7 Å². The SMILES string of the molecule is COc1ccc([C@@H]2SCC(=O)N(CC(=O)NCc3ccco3)c3c2c(-c2ccccc2)nn3-c2cccc(C)c2)cc1OC. The van der Waals surface area contributed by atoms with Crippen LogP contribution in [0, 0.1) is 6.92 Å². The lowest BCUT2D eigenvalue weighted by molar-refractivity contribution is -0.123. The second-order valence-corrected chi connectivity index (χ2v) is 11.4. The van der Waals surface area contributed by atoms with Crippen LogP contribution in [0.2, 0.25) is 0 Å². The van der Waals surface area contributed by atoms with Crippen molar-refractivity contribution in [3.05, 3.63) is 114 Å². The molecule has 0 saturated carbocycles. The molecular formula is C34H32N4O5S. The minimum atomic E-state index is -0.312. The molecule has 10 heteroatoms. The van der Waals surface area contributed by atoms with E-state index in [-0.39, 0.29) is 35.9 Å². The van der Waals surface area contributed by atoms with Crippen molar-refractivity contribution >= 4 is 29.4 Å². The number of rotatable bonds is 9. The molecule has 0 spiro atoms. The maximum absolute atomic E-state index is 14.0. The van der Waals surface area contributed by atoms with Crippen LogP contribution in [0.5, 0.6) is 11.5 Å². The average molecular weight is 609 g/mol. The Morgan fingerprint density at radius 1 is 1.00 bits per heavy atom. The van der Waals surface area contributed by atoms with E-state index in [1.54, 1.807) is 42.2 Å². The number of benzene rings is 3. The van der Waals surface area contributed by atoms with Crippen molar-refractivity contribution in [1.82, 2.24) is 15.1 Å². The van der Waals surface area contributed by atoms with Gasteiger partial charge in [0.05, 0.1) is 49.4 Å². The van der Waals surface area contributed by atoms with Gasteiger partial charge in [-0.1, -0.05) is 48.5 Å². The van der Waals surface area contributed by atoms with Gasteiger partial charge in [0, 0.05) is 11.1 Å². The molecule has 5 aromatic rings. The smallest absolute Gasteiger partial charge is 0.240 e. The van der Waals surface area contributed by atoms with Gasteiger partial charge in [-0.05, 0) is 54.4 Å². The van der Waals surface area contributed by atoms with Crippen molar-refractivity contribution in [2.45, 2.75) is 18.7 Å². The second-order valence-electron chi connectivity index (χ2n) is 10.3. The Morgan fingerprint density at radius 2 is 1.82 bits per heavy atom. The lowest BCUT2D eigenvalue weighted by Gasteiger charge is -2.23. The van der Waals surface area contributed by atoms with E-state index in [2.05, 4.69) is 5.32 Å². The van der Waals surface area contributed by atoms with Crippen LogP contribution in [0.3, 0.4) is 0 Å². The van der Waals surface area contributed by atoms with Gasteiger partial charge < -0.3 is 19.2 Å². The molecule has 6 rings (SSSR count). The molecule has 1 atom stereocenters. The summed E-state index contributed by atoms with van der Waals surface area (Å²) < 4.78 is 18.3. The number of methoxy groups -OCH3 is 2. The van der Waals surface area contributed by atoms with Crippen LogP contribution in [-0.4, -0.2) is 48.1 Å². The first-order valence-corrected chi connectivity index (χ1v) is 15.2. The number of hydrogen-bond acceptors (Lipinski definition) is 7. The lowest BCUT2D eigenvalue weighted by Crippen LogP contribution is -2.42. The Morgan fingerprint density at radius 3 is 2.55 bits per heavy atom. The molecule has 1 aliphatic rings. The second kappa shape index (κ2) is 12.7. The normalized spacial score (nSPS) is 14.6. The third-order valence-electron chi connectivity index (χ3n) is 7.43. The Balaban J connectivity index is 1.55. The van der Waals surface area contributed by atoms with Crippen molar-refractivity contribution < 1.29 is 23.5 Å². The summed E-state index contributed by atoms with van der Waals surface area (Å²) in [7, 11) is 3.20. The minimum absolute atomic E-state index is 0.154. The van der Waals surface area contributed by atoms with Crippen molar-refractivity contribution in [2.24, 2.45) is 0 Å². The highest BCUT2D eigenvalue weighted by Gasteiger charge is 2.38. The summed E-state index contributed by atoms with van der Waals surface area (Å²) in [6.07, 6.45) is 1.56. The number of nitrogens with one attached hydrogen (secondary N) is 1. The Bertz CT molecular complexity index is 1780. The number of anilines is 1. The molecule has 1 aliphatic heterocycles. The molecule has 224 valence electrons. The van der Waals surface area contributed by atoms with E-state index in [9.17, 15) is 9.59 Å². The maximum atomic E-state index is 14.0. The number of carbonyl (C=O) groups is 2. The fourth-order valence-corrected chi connectivity index (χ4v) is 6.53. The summed E-state index contributed by atoms with van der Waals surface area (Å²) in [4.78, 5) is 28.9. The average Bonchev–Trinajstić information content (AvgIpc) is 3.69. The molecule has 2 amide bonds. The highest BCUT2D eigenvalue weighted by molar-refractivity contribution is 8.00. The molecule has 9 nitrogen and oxygen atoms in total. The summed E-state index contributed by atoms with van der Waals surface area (Å²) >= 11 is 1.50. The first-order valence-electron chi connectivity index (χ1n) is 14.1. The van der Waals surface area contributed by atoms with Crippen molar-refractivity contribution in [3.63, 3.8) is 0 Å². The largest absolute Gasteiger partial charge is 0.493 e. The molecule has 0 fully saturated rings. The lowest BCUT2D eigenvalue weighted by atomic mass is 9.99. The number of carbonyl (C=O) groups excluding carboxylic acids is 2. The Labute approximate surface area is 259 Å². The van der Waals surface area contributed by atoms with Crippen LogP contribution in [0.15, 0.2) is 95.6 Å². The van der Waals surface area contributed by atoms with Gasteiger partial charge in [-0.2, -0.15) is 5.10 Å². The van der Waals surface area contributed by atoms with Gasteiger partial charge in [0.15, 0.2) is 11.5 Å². The number of aryl methyl sites for hydroxylation is 1. The van der Waals surface area contributed by atoms with Crippen LogP contribution in [-0.2, 0) is 16.1 Å². The van der Waals surface area contributed by atoms with Gasteiger partial charge in [-0.15, -0.1) is 11.8 Å². The predicted octanol–water partition coefficient (Wildman–Crippen LogP) is 5.94. The molecule has 0 saturated heterocycles. The van der Waals surface area contributed by atoms with Crippen LogP contribution in [0.1, 0.15) is 27.7 Å². The monoisotopic (exact) mass is 608 g/mol. The van der Waals surface area contributed by atoms with E-state index < -0.39 is 0 Å². The van der Waals surface area contributed by atoms with Gasteiger partial charge in [0.2, 0.25) is 11.8 Å². The number of nitrogens with zero attached hydrogens (tertiary/aromatic N) is 3. The summed E-state index contributed by atoms with van der Waals surface area (Å²) in [5, 5.41) is 7.73. The van der Waals surface area contributed by atoms with E-state index in [1.165, 1.54) is 11.8 Å². The molecule has 0 bridgehead atoms. The number of furan rings is 1. The highest BCUT2D eigenvalue weighted by Crippen LogP contribution is 2.49. The van der Waals surface area contributed by atoms with E-state index >= 15 is 0 Å². The molecule has 3 aromatic carbocycles. The number of fused-ring (bicyclic) bond motifs is 1. The van der Waals surface area contributed by atoms with Crippen molar-refractivity contribution in [1.29, 1.82) is 0 Å². The number of aromatic nitrogens is 2. The fourth-order valence-electron chi connectivity index (χ4n) is 5.35. The zero-order chi connectivity index (χ0) is 30.6. The number of hydrogen-bond donors (Lipinski definition) is 1. The molecule has 3 heterocycles. The van der Waals surface area contributed by atoms with E-state index in [0.29, 0.717) is 23.1 Å². The van der Waals surface area contributed by atoms with Crippen molar-refractivity contribution in [3.8, 4) is 28.4 Å². The number of thioether (sulfide) groups is 1. The molecule has 0 unspecified atom stereocenters. The van der Waals surface area contributed by atoms with Gasteiger partial charge in [-0.3, -0.25) is 14.5 Å². The van der Waals surface area contributed by atoms with E-state index in [4.69, 9.17) is 19.0 Å². The van der Waals surface area contributed by atoms with Gasteiger partial charge in [-0.25, -0.2) is 4.68 Å². The molecule has 2 aromatic heterocycles. The first kappa shape index (κ1) is 29.1. The predicted molar refractivity (Wildman–Crippen MR) is 170 cm³/mol. The summed E-state index contributed by atoms with van der Waals surface area (Å²) in [6, 6.07) is 27.2. The highest BCUT2D eigenvalue weighted by atomic mass is 32.2. The maximum Gasteiger partial charge on any atom is 0.240 e. The standard InChI is InChI=1S/C34H32N4O5S/c1-22-9-7-12-25(17-22)38-34-31(32(36-38)23-10-5-4-6-11-23)33(24-14-15-27(41-2)28(18-24)42-3)44-21-30(40)37(34)20-29(39)35-19-26-13-8-16-43-26/h4-18,33H,19-21H2,1-3H3,(H,35,39)/t33-/m0/s1. The number of ether oxygens (including phenoxy) is 2. The fraction of sp³-hybridized carbons (Fsp3) is 0.206. The van der Waals surface area contributed by atoms with Gasteiger partial charge in [0.1, 0.15) is 18.1 Å². The van der Waals surface area contributed by atoms with Crippen LogP contribution < -0.4 is 19.7 Å². The summed E-state index contributed by atoms with van der Waals surface area (Å²) in [5.41, 5.74) is 5.21. The minimum Gasteiger partial charge on any atom is -0.493 e. The van der Waals surface area contributed by atoms with Crippen LogP contribution in [0.25, 0.3) is 16.9 Å². The quantitative estimate of drug-likeness (QED) is 0.221. The zero-order valence-corrected chi connectivity index (χ0v) is 25.5. The van der Waals surface area contributed by atoms with Crippen LogP contribution >= 0.6 is 11.8 Å².